The van der Waals surface area contributed by atoms with Crippen molar-refractivity contribution >= 4 is 17.7 Å². The maximum Gasteiger partial charge on any atom is 0.305 e. The van der Waals surface area contributed by atoms with Crippen LogP contribution in [0.2, 0.25) is 0 Å². The Bertz CT molecular complexity index is 2100. The van der Waals surface area contributed by atoms with Gasteiger partial charge < -0.3 is 149 Å². The van der Waals surface area contributed by atoms with Crippen LogP contribution in [-0.4, -0.2) is 397 Å². The highest BCUT2D eigenvalue weighted by Gasteiger charge is 2.38. The molecule has 0 aromatic carbocycles. The quantitative estimate of drug-likeness (QED) is 0.0280. The molecule has 0 spiro atoms. The van der Waals surface area contributed by atoms with Gasteiger partial charge in [-0.1, -0.05) is 20.8 Å². The molecule has 35 heteroatoms. The molecule has 35 nitrogen and oxygen atoms in total. The number of nitrogens with zero attached hydrogens (tertiary/aromatic N) is 1. The number of rotatable bonds is 84. The van der Waals surface area contributed by atoms with E-state index in [-0.39, 0.29) is 194 Å². The number of carboxylic acid groups (broad SMARTS) is 2. The van der Waals surface area contributed by atoms with E-state index in [1.54, 1.807) is 0 Å². The van der Waals surface area contributed by atoms with Gasteiger partial charge >= 0.3 is 11.9 Å². The van der Waals surface area contributed by atoms with E-state index in [9.17, 15) is 14.4 Å². The third-order valence-corrected chi connectivity index (χ3v) is 14.1. The van der Waals surface area contributed by atoms with E-state index in [1.165, 1.54) is 6.92 Å². The third-order valence-electron chi connectivity index (χ3n) is 14.1. The summed E-state index contributed by atoms with van der Waals surface area (Å²) in [6.07, 6.45) is 14.5. The summed E-state index contributed by atoms with van der Waals surface area (Å²) in [7, 11) is 0. The van der Waals surface area contributed by atoms with Crippen LogP contribution >= 0.6 is 0 Å². The van der Waals surface area contributed by atoms with Gasteiger partial charge in [0.05, 0.1) is 320 Å². The Morgan fingerprint density at radius 1 is 0.303 bits per heavy atom. The Balaban J connectivity index is -0.000000458. The number of ether oxygens (including phenoxy) is 24. The molecular formula is C84H161NO34. The highest BCUT2D eigenvalue weighted by atomic mass is 16.6. The molecule has 0 amide bonds. The number of aliphatic hydroxyl groups is 5. The molecule has 0 saturated heterocycles. The van der Waals surface area contributed by atoms with Crippen molar-refractivity contribution in [3.05, 3.63) is 0 Å². The maximum atomic E-state index is 11.0. The number of carbonyl (C=O) groups excluding carboxylic acids is 1. The van der Waals surface area contributed by atoms with E-state index in [1.807, 2.05) is 82.2 Å². The van der Waals surface area contributed by atoms with Crippen LogP contribution in [0.15, 0.2) is 0 Å². The zero-order chi connectivity index (χ0) is 90.1. The number of hydrogen-bond acceptors (Lipinski definition) is 33. The van der Waals surface area contributed by atoms with Gasteiger partial charge in [0.1, 0.15) is 34.3 Å². The molecule has 0 heterocycles. The van der Waals surface area contributed by atoms with Crippen molar-refractivity contribution in [2.75, 3.05) is 284 Å². The summed E-state index contributed by atoms with van der Waals surface area (Å²) in [5.74, 6) is 3.10. The molecule has 0 fully saturated rings. The molecule has 1 atom stereocenters. The fraction of sp³-hybridized carbons (Fsp3) is 0.905. The van der Waals surface area contributed by atoms with Crippen LogP contribution in [0.3, 0.4) is 0 Å². The largest absolute Gasteiger partial charge is 0.481 e. The van der Waals surface area contributed by atoms with Crippen molar-refractivity contribution in [1.82, 2.24) is 0 Å². The lowest BCUT2D eigenvalue weighted by Crippen LogP contribution is -2.49. The fourth-order valence-corrected chi connectivity index (χ4v) is 9.72. The number of aliphatic hydroxyl groups excluding tert-OH is 5. The monoisotopic (exact) mass is 1730 g/mol. The topological polar surface area (TPSA) is 438 Å². The van der Waals surface area contributed by atoms with E-state index in [4.69, 9.17) is 168 Å². The standard InChI is InChI=1S/C20H42O9.C18H27NO4.C17H30O9.C15H32O6.C14H30O6/c1-4-7-23-10-13-26-16-20(29-19(2)3,17-27-14-11-24-8-5-21)18-28-15-12-25-9-6-22;1-5-7-11-20-14-18(23-17(3)4,15-21-12-8-6-2)16-22-13-9-10-19;1-13(2)26-17(10-23-7-4-14(3)18,11-24-8-5-15(19)20)12-25-9-6-16(21)22;1-4-6-17-8-10-19-12-15(21-14(2)3)13-20-11-9-18-7-5-16;1-4-7-17-10-14(20-13(2)3,11-18-8-5-15)12-19-9-6-16/h19,21-22H,4-18H2,1-3H3;1-2,17H,7-9,11-16H2,3-4H3;13H,4-12H2,1-3H3,(H,19,20)(H,21,22);14-16H,4-13H2,1-3H3;13,15-16H,4-12H2,1-3H3. The van der Waals surface area contributed by atoms with Crippen molar-refractivity contribution in [2.45, 2.75) is 214 Å². The van der Waals surface area contributed by atoms with Gasteiger partial charge in [-0.15, -0.1) is 24.7 Å². The van der Waals surface area contributed by atoms with Crippen LogP contribution < -0.4 is 0 Å². The summed E-state index contributed by atoms with van der Waals surface area (Å²) in [6.45, 7) is 40.2. The number of carbonyl (C=O) groups is 3. The summed E-state index contributed by atoms with van der Waals surface area (Å²) in [5.41, 5.74) is -3.25. The molecule has 7 N–H and O–H groups in total. The Morgan fingerprint density at radius 2 is 0.521 bits per heavy atom. The van der Waals surface area contributed by atoms with Gasteiger partial charge in [0.25, 0.3) is 0 Å². The molecule has 0 aliphatic rings. The SMILES string of the molecule is C#CCCOCC(COCCC#C)(COCCC#N)OC(C)C.CC(=O)CCOCC(COCCC(=O)O)(COCCC(=O)O)OC(C)C.CCCOCC(COCCO)(COCCO)OC(C)C.CCCOCCOCC(COCCOCCO)(COCCOCCO)OC(C)C.CCCOCCOCC(COCCOCCO)OC(C)C. The molecular weight excluding hydrogens is 1570 g/mol. The Labute approximate surface area is 712 Å². The predicted molar refractivity (Wildman–Crippen MR) is 445 cm³/mol. The molecule has 0 rings (SSSR count). The average Bonchev–Trinajstić information content (AvgIpc) is 0.882. The molecule has 0 bridgehead atoms. The predicted octanol–water partition coefficient (Wildman–Crippen LogP) is 5.78. The van der Waals surface area contributed by atoms with E-state index < -0.39 is 34.3 Å². The van der Waals surface area contributed by atoms with Gasteiger partial charge in [0.2, 0.25) is 0 Å². The molecule has 1 unspecified atom stereocenters. The number of ketones is 1. The minimum atomic E-state index is -1.03. The van der Waals surface area contributed by atoms with E-state index in [2.05, 4.69) is 25.7 Å². The van der Waals surface area contributed by atoms with Crippen molar-refractivity contribution < 1.29 is 164 Å². The summed E-state index contributed by atoms with van der Waals surface area (Å²) < 4.78 is 134. The van der Waals surface area contributed by atoms with Gasteiger partial charge in [-0.2, -0.15) is 5.26 Å². The molecule has 0 aliphatic heterocycles. The minimum absolute atomic E-state index is 0.00110. The van der Waals surface area contributed by atoms with Crippen molar-refractivity contribution in [3.63, 3.8) is 0 Å². The molecule has 706 valence electrons. The first-order valence-corrected chi connectivity index (χ1v) is 41.7. The molecule has 0 radical (unpaired) electrons. The van der Waals surface area contributed by atoms with Gasteiger partial charge in [-0.3, -0.25) is 14.4 Å². The average molecular weight is 1730 g/mol. The normalized spacial score (nSPS) is 12.0. The number of nitriles is 1. The number of aliphatic carboxylic acids is 2. The van der Waals surface area contributed by atoms with Crippen LogP contribution in [0.25, 0.3) is 0 Å². The smallest absolute Gasteiger partial charge is 0.305 e. The van der Waals surface area contributed by atoms with Crippen LogP contribution in [0, 0.1) is 36.0 Å². The lowest BCUT2D eigenvalue weighted by atomic mass is 10.1. The van der Waals surface area contributed by atoms with E-state index >= 15 is 0 Å². The van der Waals surface area contributed by atoms with Gasteiger partial charge in [-0.25, -0.2) is 0 Å². The van der Waals surface area contributed by atoms with Gasteiger partial charge in [0.15, 0.2) is 0 Å². The van der Waals surface area contributed by atoms with E-state index in [0.717, 1.165) is 25.9 Å². The van der Waals surface area contributed by atoms with Crippen LogP contribution in [-0.2, 0) is 128 Å². The second-order valence-corrected chi connectivity index (χ2v) is 28.2. The number of terminal acetylenes is 2. The first-order valence-electron chi connectivity index (χ1n) is 41.7. The maximum absolute atomic E-state index is 11.0. The third kappa shape index (κ3) is 90.1. The molecule has 0 aliphatic carbocycles. The fourth-order valence-electron chi connectivity index (χ4n) is 9.72. The Kier molecular flexibility index (Phi) is 95.3. The summed E-state index contributed by atoms with van der Waals surface area (Å²) in [6, 6.07) is 2.04. The number of hydrogen-bond donors (Lipinski definition) is 7. The van der Waals surface area contributed by atoms with E-state index in [0.29, 0.717) is 165 Å². The van der Waals surface area contributed by atoms with Crippen molar-refractivity contribution in [3.8, 4) is 30.8 Å². The molecule has 0 aromatic rings. The second kappa shape index (κ2) is 91.7. The zero-order valence-electron chi connectivity index (χ0n) is 75.0. The summed E-state index contributed by atoms with van der Waals surface area (Å²) >= 11 is 0. The lowest BCUT2D eigenvalue weighted by molar-refractivity contribution is -0.188. The highest BCUT2D eigenvalue weighted by Crippen LogP contribution is 2.22. The zero-order valence-corrected chi connectivity index (χ0v) is 75.0. The first-order chi connectivity index (χ1) is 57.2. The van der Waals surface area contributed by atoms with Crippen LogP contribution in [0.5, 0.6) is 0 Å². The Morgan fingerprint density at radius 3 is 0.765 bits per heavy atom. The number of Topliss-reactive ketones (excluding diaryl/α,β-unsaturated/α-hetero) is 1. The minimum Gasteiger partial charge on any atom is -0.481 e. The molecule has 119 heavy (non-hydrogen) atoms. The number of carboxylic acids is 2. The first kappa shape index (κ1) is 124. The van der Waals surface area contributed by atoms with Gasteiger partial charge in [0, 0.05) is 39.1 Å². The second-order valence-electron chi connectivity index (χ2n) is 28.2. The summed E-state index contributed by atoms with van der Waals surface area (Å²) in [5, 5.41) is 69.7. The van der Waals surface area contributed by atoms with Crippen LogP contribution in [0.1, 0.15) is 155 Å². The molecule has 0 saturated carbocycles. The Hall–Kier alpha value is -3.94. The van der Waals surface area contributed by atoms with Gasteiger partial charge in [-0.05, 0) is 95.4 Å². The molecule has 0 aromatic heterocycles. The van der Waals surface area contributed by atoms with Crippen LogP contribution in [0.4, 0.5) is 0 Å². The van der Waals surface area contributed by atoms with Crippen molar-refractivity contribution in [1.29, 1.82) is 5.26 Å². The summed E-state index contributed by atoms with van der Waals surface area (Å²) in [4.78, 5) is 32.2. The highest BCUT2D eigenvalue weighted by molar-refractivity contribution is 5.75. The lowest BCUT2D eigenvalue weighted by Gasteiger charge is -2.35. The van der Waals surface area contributed by atoms with Crippen molar-refractivity contribution in [2.24, 2.45) is 0 Å².